The van der Waals surface area contributed by atoms with E-state index in [0.717, 1.165) is 42.0 Å². The highest BCUT2D eigenvalue weighted by Crippen LogP contribution is 2.73. The minimum absolute atomic E-state index is 0.0417. The molecule has 10 atom stereocenters. The Bertz CT molecular complexity index is 2070. The fourth-order valence-electron chi connectivity index (χ4n) is 6.68. The first-order chi connectivity index (χ1) is 25.2. The molecule has 1 saturated carbocycles. The highest BCUT2D eigenvalue weighted by molar-refractivity contribution is 7.71. The van der Waals surface area contributed by atoms with Gasteiger partial charge in [0.2, 0.25) is 6.23 Å². The van der Waals surface area contributed by atoms with Gasteiger partial charge < -0.3 is 38.5 Å². The summed E-state index contributed by atoms with van der Waals surface area (Å²) in [5.74, 6) is 0.574. The Labute approximate surface area is 309 Å². The molecule has 296 valence electrons. The topological polar surface area (TPSA) is 255 Å². The first kappa shape index (κ1) is 39.9. The van der Waals surface area contributed by atoms with Gasteiger partial charge in [0.1, 0.15) is 24.1 Å². The molecule has 0 aromatic heterocycles. The molecule has 0 bridgehead atoms. The van der Waals surface area contributed by atoms with Crippen LogP contribution in [0.2, 0.25) is 0 Å². The highest BCUT2D eigenvalue weighted by atomic mass is 31.3. The zero-order valence-electron chi connectivity index (χ0n) is 29.1. The third-order valence-electron chi connectivity index (χ3n) is 9.46. The van der Waals surface area contributed by atoms with Crippen molar-refractivity contribution < 1.29 is 79.0 Å². The third kappa shape index (κ3) is 8.52. The standard InChI is InChI=1S/C31H40N2O17P4/c1-31(2,3)51(35,36)48-53(39,40)50-54(41,42)49-52(37,38)43-17-24-25-26(47-29(46-25)19-9-5-6-10-19)28(45-24)33-16-22-15-23(44-27(22)32-30(33)34)21-13-12-18-8-4-7-11-20(18)14-21/h4,7-8,11-16,19,24-29H,5-6,9-10,17H2,1-3H3,(H,32,34)(H,35,36)(H,37,38)(H,39,40)(H,41,42)/t24-,25?,26+,27?,28-,29?/m1/s1. The summed E-state index contributed by atoms with van der Waals surface area (Å²) in [5.41, 5.74) is 1.40. The summed E-state index contributed by atoms with van der Waals surface area (Å²) in [7, 11) is -22.3. The van der Waals surface area contributed by atoms with Crippen LogP contribution in [-0.4, -0.2) is 79.3 Å². The average Bonchev–Trinajstić information content (AvgIpc) is 3.86. The number of nitrogens with zero attached hydrogens (tertiary/aromatic N) is 1. The number of rotatable bonds is 12. The molecule has 2 aromatic rings. The zero-order valence-corrected chi connectivity index (χ0v) is 32.7. The van der Waals surface area contributed by atoms with Crippen LogP contribution in [0.5, 0.6) is 0 Å². The number of carbonyl (C=O) groups excluding carboxylic acids is 1. The van der Waals surface area contributed by atoms with Crippen LogP contribution in [0.4, 0.5) is 4.79 Å². The normalized spacial score (nSPS) is 31.7. The predicted octanol–water partition coefficient (Wildman–Crippen LogP) is 5.82. The van der Waals surface area contributed by atoms with Crippen LogP contribution in [0.1, 0.15) is 52.0 Å². The average molecular weight is 837 g/mol. The van der Waals surface area contributed by atoms with Crippen molar-refractivity contribution >= 4 is 53.6 Å². The molecule has 4 heterocycles. The molecule has 0 spiro atoms. The van der Waals surface area contributed by atoms with Crippen LogP contribution in [0, 0.1) is 5.92 Å². The molecule has 23 heteroatoms. The van der Waals surface area contributed by atoms with E-state index < -0.39 is 85.9 Å². The lowest BCUT2D eigenvalue weighted by Gasteiger charge is -2.34. The quantitative estimate of drug-likeness (QED) is 0.158. The molecule has 54 heavy (non-hydrogen) atoms. The van der Waals surface area contributed by atoms with Gasteiger partial charge in [-0.15, -0.1) is 0 Å². The first-order valence-electron chi connectivity index (χ1n) is 16.9. The number of carbonyl (C=O) groups is 1. The van der Waals surface area contributed by atoms with E-state index in [4.69, 9.17) is 23.5 Å². The number of phosphoric ester groups is 1. The van der Waals surface area contributed by atoms with Crippen molar-refractivity contribution in [3.63, 3.8) is 0 Å². The second-order valence-electron chi connectivity index (χ2n) is 14.4. The predicted molar refractivity (Wildman–Crippen MR) is 188 cm³/mol. The summed E-state index contributed by atoms with van der Waals surface area (Å²) >= 11 is 0. The number of hydrogen-bond donors (Lipinski definition) is 5. The molecule has 4 aliphatic heterocycles. The number of nitrogens with one attached hydrogen (secondary N) is 1. The van der Waals surface area contributed by atoms with Gasteiger partial charge in [0, 0.05) is 23.3 Å². The highest BCUT2D eigenvalue weighted by Gasteiger charge is 2.58. The van der Waals surface area contributed by atoms with Crippen LogP contribution >= 0.6 is 31.1 Å². The van der Waals surface area contributed by atoms with Crippen LogP contribution < -0.4 is 5.32 Å². The SMILES string of the molecule is CC(C)(C)P(=O)(O)OP(=O)(O)OP(=O)(O)OP(=O)(O)OC[C@H]1O[C@@H](N2C=C3C=C(c4ccc5ccccc5c4)OC3NC2=O)[C@H]2OC(C3CCCC3)OC12. The van der Waals surface area contributed by atoms with Crippen molar-refractivity contribution in [3.05, 3.63) is 65.9 Å². The van der Waals surface area contributed by atoms with Crippen molar-refractivity contribution in [1.29, 1.82) is 0 Å². The van der Waals surface area contributed by atoms with Gasteiger partial charge in [-0.2, -0.15) is 8.62 Å². The number of benzene rings is 2. The molecule has 0 radical (unpaired) electrons. The lowest BCUT2D eigenvalue weighted by atomic mass is 10.1. The summed E-state index contributed by atoms with van der Waals surface area (Å²) in [6.45, 7) is 2.73. The van der Waals surface area contributed by atoms with Crippen molar-refractivity contribution in [1.82, 2.24) is 10.2 Å². The van der Waals surface area contributed by atoms with E-state index >= 15 is 0 Å². The van der Waals surface area contributed by atoms with Crippen molar-refractivity contribution in [2.45, 2.75) is 88.7 Å². The monoisotopic (exact) mass is 836 g/mol. The Balaban J connectivity index is 1.06. The molecule has 5 N–H and O–H groups in total. The third-order valence-corrected chi connectivity index (χ3v) is 16.6. The van der Waals surface area contributed by atoms with Gasteiger partial charge in [-0.25, -0.2) is 22.8 Å². The number of amides is 2. The van der Waals surface area contributed by atoms with Crippen molar-refractivity contribution in [2.24, 2.45) is 5.92 Å². The van der Waals surface area contributed by atoms with Crippen LogP contribution in [0.25, 0.3) is 16.5 Å². The molecular formula is C31H40N2O17P4. The summed E-state index contributed by atoms with van der Waals surface area (Å²) in [5, 5.41) is 3.25. The van der Waals surface area contributed by atoms with Gasteiger partial charge in [-0.1, -0.05) is 49.2 Å². The second kappa shape index (κ2) is 14.6. The first-order valence-corrected chi connectivity index (χ1v) is 23.0. The molecule has 3 fully saturated rings. The molecule has 7 rings (SSSR count). The summed E-state index contributed by atoms with van der Waals surface area (Å²) in [6.07, 6.45) is 1.26. The van der Waals surface area contributed by atoms with Gasteiger partial charge in [0.15, 0.2) is 12.5 Å². The van der Waals surface area contributed by atoms with E-state index in [-0.39, 0.29) is 5.92 Å². The Morgan fingerprint density at radius 3 is 2.20 bits per heavy atom. The van der Waals surface area contributed by atoms with Gasteiger partial charge in [-0.3, -0.25) is 19.3 Å². The van der Waals surface area contributed by atoms with E-state index in [1.165, 1.54) is 25.7 Å². The number of urea groups is 1. The summed E-state index contributed by atoms with van der Waals surface area (Å²) in [4.78, 5) is 54.9. The molecule has 2 amide bonds. The van der Waals surface area contributed by atoms with Gasteiger partial charge in [-0.05, 0) is 56.5 Å². The minimum atomic E-state index is -5.97. The number of hydrogen-bond acceptors (Lipinski definition) is 13. The van der Waals surface area contributed by atoms with Gasteiger partial charge in [0.25, 0.3) is 0 Å². The molecule has 2 saturated heterocycles. The van der Waals surface area contributed by atoms with Gasteiger partial charge >= 0.3 is 37.1 Å². The molecular weight excluding hydrogens is 796 g/mol. The minimum Gasteiger partial charge on any atom is -0.466 e. The Morgan fingerprint density at radius 2 is 1.50 bits per heavy atom. The fraction of sp³-hybridized carbons (Fsp3) is 0.516. The number of fused-ring (bicyclic) bond motifs is 3. The maximum absolute atomic E-state index is 13.5. The van der Waals surface area contributed by atoms with Crippen LogP contribution in [0.3, 0.4) is 0 Å². The number of phosphoric acid groups is 3. The number of ether oxygens (including phenoxy) is 4. The molecule has 7 unspecified atom stereocenters. The fourth-order valence-corrected chi connectivity index (χ4v) is 12.2. The second-order valence-corrected chi connectivity index (χ2v) is 21.8. The van der Waals surface area contributed by atoms with E-state index in [9.17, 15) is 42.6 Å². The summed E-state index contributed by atoms with van der Waals surface area (Å²) in [6, 6.07) is 13.1. The maximum Gasteiger partial charge on any atom is 0.490 e. The lowest BCUT2D eigenvalue weighted by Crippen LogP contribution is -2.54. The van der Waals surface area contributed by atoms with Crippen LogP contribution in [0.15, 0.2) is 60.3 Å². The molecule has 19 nitrogen and oxygen atoms in total. The Hall–Kier alpha value is -2.27. The summed E-state index contributed by atoms with van der Waals surface area (Å²) < 4.78 is 91.9. The maximum atomic E-state index is 13.5. The lowest BCUT2D eigenvalue weighted by molar-refractivity contribution is -0.171. The van der Waals surface area contributed by atoms with E-state index in [0.29, 0.717) is 11.3 Å². The zero-order chi connectivity index (χ0) is 38.8. The van der Waals surface area contributed by atoms with E-state index in [2.05, 4.69) is 18.2 Å². The largest absolute Gasteiger partial charge is 0.490 e. The van der Waals surface area contributed by atoms with E-state index in [1.54, 1.807) is 12.3 Å². The molecule has 1 aliphatic carbocycles. The Morgan fingerprint density at radius 1 is 0.852 bits per heavy atom. The smallest absolute Gasteiger partial charge is 0.466 e. The molecule has 2 aromatic carbocycles. The Kier molecular flexibility index (Phi) is 10.8. The van der Waals surface area contributed by atoms with Crippen molar-refractivity contribution in [2.75, 3.05) is 6.61 Å². The molecule has 5 aliphatic rings. The van der Waals surface area contributed by atoms with Crippen molar-refractivity contribution in [3.8, 4) is 0 Å². The van der Waals surface area contributed by atoms with E-state index in [1.807, 2.05) is 42.5 Å². The van der Waals surface area contributed by atoms with Crippen LogP contribution in [-0.2, 0) is 54.7 Å². The van der Waals surface area contributed by atoms with Gasteiger partial charge in [0.05, 0.1) is 11.8 Å².